The minimum Gasteiger partial charge on any atom is -0.481 e. The van der Waals surface area contributed by atoms with Gasteiger partial charge in [-0.15, -0.1) is 0 Å². The second kappa shape index (κ2) is 6.58. The van der Waals surface area contributed by atoms with E-state index in [-0.39, 0.29) is 6.03 Å². The molecule has 0 aliphatic carbocycles. The average Bonchev–Trinajstić information content (AvgIpc) is 2.50. The van der Waals surface area contributed by atoms with Crippen molar-refractivity contribution < 1.29 is 19.4 Å². The van der Waals surface area contributed by atoms with Crippen LogP contribution in [0.5, 0.6) is 0 Å². The number of anilines is 1. The minimum absolute atomic E-state index is 0.136. The van der Waals surface area contributed by atoms with Gasteiger partial charge in [0.25, 0.3) is 0 Å². The summed E-state index contributed by atoms with van der Waals surface area (Å²) >= 11 is 0. The van der Waals surface area contributed by atoms with Crippen LogP contribution >= 0.6 is 0 Å². The molecule has 2 amide bonds. The average molecular weight is 292 g/mol. The summed E-state index contributed by atoms with van der Waals surface area (Å²) in [6.07, 6.45) is 0.427. The Balaban J connectivity index is 2.24. The first-order chi connectivity index (χ1) is 10.1. The maximum absolute atomic E-state index is 12.5. The molecular weight excluding hydrogens is 272 g/mol. The Labute approximate surface area is 123 Å². The summed E-state index contributed by atoms with van der Waals surface area (Å²) in [6.45, 7) is 1.37. The molecule has 1 aliphatic heterocycles. The summed E-state index contributed by atoms with van der Waals surface area (Å²) in [5.41, 5.74) is 1.38. The van der Waals surface area contributed by atoms with Crippen LogP contribution in [0.4, 0.5) is 10.5 Å². The predicted molar refractivity (Wildman–Crippen MR) is 78.7 cm³/mol. The van der Waals surface area contributed by atoms with Gasteiger partial charge in [0.2, 0.25) is 0 Å². The molecule has 0 fully saturated rings. The third-order valence-electron chi connectivity index (χ3n) is 3.73. The number of amides is 2. The fourth-order valence-electron chi connectivity index (χ4n) is 2.55. The van der Waals surface area contributed by atoms with Crippen molar-refractivity contribution in [3.8, 4) is 0 Å². The Morgan fingerprint density at radius 3 is 2.81 bits per heavy atom. The lowest BCUT2D eigenvalue weighted by atomic mass is 9.90. The Kier molecular flexibility index (Phi) is 4.80. The smallest absolute Gasteiger partial charge is 0.324 e. The Morgan fingerprint density at radius 2 is 2.14 bits per heavy atom. The Hall–Kier alpha value is -2.08. The molecule has 1 aromatic carbocycles. The van der Waals surface area contributed by atoms with E-state index in [0.717, 1.165) is 0 Å². The van der Waals surface area contributed by atoms with Crippen molar-refractivity contribution in [2.75, 3.05) is 38.8 Å². The molecular formula is C15H20N2O4. The summed E-state index contributed by atoms with van der Waals surface area (Å²) in [5, 5.41) is 9.30. The second-order valence-electron chi connectivity index (χ2n) is 5.09. The van der Waals surface area contributed by atoms with Crippen LogP contribution < -0.4 is 4.90 Å². The third kappa shape index (κ3) is 3.16. The highest BCUT2D eigenvalue weighted by molar-refractivity contribution is 5.95. The van der Waals surface area contributed by atoms with Gasteiger partial charge in [0.15, 0.2) is 0 Å². The van der Waals surface area contributed by atoms with Crippen molar-refractivity contribution in [2.45, 2.75) is 12.3 Å². The number of carboxylic acids is 1. The van der Waals surface area contributed by atoms with E-state index in [9.17, 15) is 14.7 Å². The van der Waals surface area contributed by atoms with Crippen molar-refractivity contribution in [3.63, 3.8) is 0 Å². The van der Waals surface area contributed by atoms with Crippen LogP contribution in [0, 0.1) is 0 Å². The molecule has 6 heteroatoms. The van der Waals surface area contributed by atoms with Crippen molar-refractivity contribution in [3.05, 3.63) is 29.8 Å². The number of fused-ring (bicyclic) bond motifs is 1. The monoisotopic (exact) mass is 292 g/mol. The number of carbonyl (C=O) groups excluding carboxylic acids is 1. The van der Waals surface area contributed by atoms with Crippen LogP contribution in [0.3, 0.4) is 0 Å². The summed E-state index contributed by atoms with van der Waals surface area (Å²) in [5.74, 6) is -1.39. The van der Waals surface area contributed by atoms with Gasteiger partial charge in [-0.2, -0.15) is 0 Å². The molecule has 0 radical (unpaired) electrons. The molecule has 2 rings (SSSR count). The maximum Gasteiger partial charge on any atom is 0.324 e. The number of para-hydroxylation sites is 1. The molecule has 1 unspecified atom stereocenters. The van der Waals surface area contributed by atoms with Crippen LogP contribution in [0.25, 0.3) is 0 Å². The third-order valence-corrected chi connectivity index (χ3v) is 3.73. The van der Waals surface area contributed by atoms with E-state index in [1.807, 2.05) is 6.07 Å². The molecule has 21 heavy (non-hydrogen) atoms. The predicted octanol–water partition coefficient (Wildman–Crippen LogP) is 1.76. The van der Waals surface area contributed by atoms with Gasteiger partial charge >= 0.3 is 12.0 Å². The number of methoxy groups -OCH3 is 1. The van der Waals surface area contributed by atoms with Gasteiger partial charge in [0.1, 0.15) is 0 Å². The highest BCUT2D eigenvalue weighted by Gasteiger charge is 2.33. The highest BCUT2D eigenvalue weighted by atomic mass is 16.5. The molecule has 1 N–H and O–H groups in total. The van der Waals surface area contributed by atoms with Gasteiger partial charge < -0.3 is 14.7 Å². The number of carboxylic acid groups (broad SMARTS) is 1. The zero-order chi connectivity index (χ0) is 15.4. The van der Waals surface area contributed by atoms with E-state index in [1.54, 1.807) is 42.2 Å². The number of nitrogens with zero attached hydrogens (tertiary/aromatic N) is 2. The van der Waals surface area contributed by atoms with E-state index in [0.29, 0.717) is 37.4 Å². The number of benzene rings is 1. The van der Waals surface area contributed by atoms with Crippen LogP contribution in [-0.4, -0.2) is 55.9 Å². The minimum atomic E-state index is -0.845. The second-order valence-corrected chi connectivity index (χ2v) is 5.09. The van der Waals surface area contributed by atoms with Crippen LogP contribution in [0.15, 0.2) is 24.3 Å². The van der Waals surface area contributed by atoms with Gasteiger partial charge in [0, 0.05) is 32.9 Å². The zero-order valence-electron chi connectivity index (χ0n) is 12.3. The summed E-state index contributed by atoms with van der Waals surface area (Å²) in [7, 11) is 3.30. The highest BCUT2D eigenvalue weighted by Crippen LogP contribution is 2.35. The quantitative estimate of drug-likeness (QED) is 0.918. The largest absolute Gasteiger partial charge is 0.481 e. The van der Waals surface area contributed by atoms with E-state index in [2.05, 4.69) is 0 Å². The number of rotatable bonds is 4. The van der Waals surface area contributed by atoms with Gasteiger partial charge in [-0.05, 0) is 18.1 Å². The molecule has 0 saturated carbocycles. The normalized spacial score (nSPS) is 17.2. The van der Waals surface area contributed by atoms with Crippen LogP contribution in [0.2, 0.25) is 0 Å². The maximum atomic E-state index is 12.5. The number of aliphatic carboxylic acids is 1. The molecule has 0 aromatic heterocycles. The Bertz CT molecular complexity index is 532. The van der Waals surface area contributed by atoms with Crippen molar-refractivity contribution in [1.82, 2.24) is 4.90 Å². The fraction of sp³-hybridized carbons (Fsp3) is 0.467. The van der Waals surface area contributed by atoms with Crippen molar-refractivity contribution >= 4 is 17.7 Å². The lowest BCUT2D eigenvalue weighted by Crippen LogP contribution is -2.45. The molecule has 1 atom stereocenters. The SMILES string of the molecule is COCCN(C)C(=O)N1CCC(C(=O)O)c2ccccc21. The lowest BCUT2D eigenvalue weighted by molar-refractivity contribution is -0.139. The van der Waals surface area contributed by atoms with E-state index in [1.165, 1.54) is 0 Å². The van der Waals surface area contributed by atoms with E-state index >= 15 is 0 Å². The van der Waals surface area contributed by atoms with Gasteiger partial charge in [-0.1, -0.05) is 18.2 Å². The van der Waals surface area contributed by atoms with E-state index < -0.39 is 11.9 Å². The number of urea groups is 1. The standard InChI is InChI=1S/C15H20N2O4/c1-16(9-10-21-2)15(20)17-8-7-12(14(18)19)11-5-3-4-6-13(11)17/h3-6,12H,7-10H2,1-2H3,(H,18,19). The fourth-order valence-corrected chi connectivity index (χ4v) is 2.55. The molecule has 0 bridgehead atoms. The Morgan fingerprint density at radius 1 is 1.43 bits per heavy atom. The van der Waals surface area contributed by atoms with Crippen molar-refractivity contribution in [2.24, 2.45) is 0 Å². The molecule has 114 valence electrons. The van der Waals surface area contributed by atoms with Gasteiger partial charge in [-0.3, -0.25) is 9.69 Å². The topological polar surface area (TPSA) is 70.1 Å². The van der Waals surface area contributed by atoms with Gasteiger partial charge in [0.05, 0.1) is 12.5 Å². The number of hydrogen-bond acceptors (Lipinski definition) is 3. The van der Waals surface area contributed by atoms with Crippen LogP contribution in [-0.2, 0) is 9.53 Å². The summed E-state index contributed by atoms with van der Waals surface area (Å²) < 4.78 is 4.98. The number of likely N-dealkylation sites (N-methyl/N-ethyl adjacent to an activating group) is 1. The number of hydrogen-bond donors (Lipinski definition) is 1. The molecule has 6 nitrogen and oxygen atoms in total. The van der Waals surface area contributed by atoms with Gasteiger partial charge in [-0.25, -0.2) is 4.79 Å². The number of carbonyl (C=O) groups is 2. The van der Waals surface area contributed by atoms with E-state index in [4.69, 9.17) is 4.74 Å². The molecule has 1 heterocycles. The molecule has 1 aromatic rings. The van der Waals surface area contributed by atoms with Crippen LogP contribution in [0.1, 0.15) is 17.9 Å². The first-order valence-electron chi connectivity index (χ1n) is 6.89. The number of ether oxygens (including phenoxy) is 1. The molecule has 0 saturated heterocycles. The zero-order valence-corrected chi connectivity index (χ0v) is 12.3. The summed E-state index contributed by atoms with van der Waals surface area (Å²) in [6, 6.07) is 7.06. The lowest BCUT2D eigenvalue weighted by Gasteiger charge is -2.35. The van der Waals surface area contributed by atoms with Crippen molar-refractivity contribution in [1.29, 1.82) is 0 Å². The first kappa shape index (κ1) is 15.3. The first-order valence-corrected chi connectivity index (χ1v) is 6.89. The summed E-state index contributed by atoms with van der Waals surface area (Å²) in [4.78, 5) is 27.1. The molecule has 1 aliphatic rings. The molecule has 0 spiro atoms.